The zero-order chi connectivity index (χ0) is 19.7. The predicted octanol–water partition coefficient (Wildman–Crippen LogP) is 4.37. The summed E-state index contributed by atoms with van der Waals surface area (Å²) in [6.45, 7) is 5.71. The highest BCUT2D eigenvalue weighted by atomic mass is 15.2. The molecule has 2 fully saturated rings. The zero-order valence-electron chi connectivity index (χ0n) is 17.6. The van der Waals surface area contributed by atoms with E-state index in [1.54, 1.807) is 0 Å². The average molecular weight is 394 g/mol. The number of nitrogens with zero attached hydrogens (tertiary/aromatic N) is 4. The summed E-state index contributed by atoms with van der Waals surface area (Å²) in [6.07, 6.45) is 12.0. The van der Waals surface area contributed by atoms with Crippen LogP contribution in [0, 0.1) is 0 Å². The Morgan fingerprint density at radius 1 is 0.931 bits per heavy atom. The van der Waals surface area contributed by atoms with Gasteiger partial charge >= 0.3 is 0 Å². The van der Waals surface area contributed by atoms with Crippen molar-refractivity contribution in [1.29, 1.82) is 0 Å². The molecular weight excluding hydrogens is 358 g/mol. The first kappa shape index (κ1) is 20.1. The van der Waals surface area contributed by atoms with Crippen molar-refractivity contribution in [2.45, 2.75) is 57.4 Å². The van der Waals surface area contributed by atoms with E-state index in [1.807, 2.05) is 6.20 Å². The molecule has 2 aromatic rings. The van der Waals surface area contributed by atoms with Gasteiger partial charge in [0.2, 0.25) is 5.95 Å². The summed E-state index contributed by atoms with van der Waals surface area (Å²) >= 11 is 0. The standard InChI is InChI=1S/C24H35N5/c1-2-7-19-29(18-6-1)23-14-15-25-24(27-23)26-22-13-9-17-28(20-22)16-8-12-21-10-4-3-5-11-21/h3-5,10-11,14-15,22H,1-2,6-9,12-13,16-20H2,(H,25,26,27). The molecule has 0 spiro atoms. The molecule has 5 nitrogen and oxygen atoms in total. The van der Waals surface area contributed by atoms with Gasteiger partial charge in [-0.25, -0.2) is 4.98 Å². The van der Waals surface area contributed by atoms with Crippen LogP contribution in [0.25, 0.3) is 0 Å². The molecule has 5 heteroatoms. The smallest absolute Gasteiger partial charge is 0.224 e. The van der Waals surface area contributed by atoms with Gasteiger partial charge in [-0.1, -0.05) is 43.2 Å². The third-order valence-electron chi connectivity index (χ3n) is 6.19. The molecule has 0 aliphatic carbocycles. The predicted molar refractivity (Wildman–Crippen MR) is 121 cm³/mol. The summed E-state index contributed by atoms with van der Waals surface area (Å²) in [6, 6.07) is 13.3. The van der Waals surface area contributed by atoms with Gasteiger partial charge in [0.1, 0.15) is 5.82 Å². The van der Waals surface area contributed by atoms with Crippen molar-refractivity contribution >= 4 is 11.8 Å². The lowest BCUT2D eigenvalue weighted by Gasteiger charge is -2.33. The van der Waals surface area contributed by atoms with Crippen LogP contribution in [-0.2, 0) is 6.42 Å². The number of aromatic nitrogens is 2. The number of hydrogen-bond acceptors (Lipinski definition) is 5. The number of hydrogen-bond donors (Lipinski definition) is 1. The third-order valence-corrected chi connectivity index (χ3v) is 6.19. The van der Waals surface area contributed by atoms with Gasteiger partial charge < -0.3 is 15.1 Å². The summed E-state index contributed by atoms with van der Waals surface area (Å²) in [5, 5.41) is 3.62. The van der Waals surface area contributed by atoms with E-state index in [1.165, 1.54) is 63.6 Å². The van der Waals surface area contributed by atoms with E-state index >= 15 is 0 Å². The summed E-state index contributed by atoms with van der Waals surface area (Å²) in [5.74, 6) is 1.88. The Hall–Kier alpha value is -2.14. The Kier molecular flexibility index (Phi) is 7.35. The minimum atomic E-state index is 0.444. The van der Waals surface area contributed by atoms with E-state index in [0.717, 1.165) is 37.8 Å². The highest BCUT2D eigenvalue weighted by Gasteiger charge is 2.20. The van der Waals surface area contributed by atoms with Crippen LogP contribution in [0.3, 0.4) is 0 Å². The molecule has 0 radical (unpaired) electrons. The minimum absolute atomic E-state index is 0.444. The van der Waals surface area contributed by atoms with Crippen LogP contribution < -0.4 is 10.2 Å². The fourth-order valence-corrected chi connectivity index (χ4v) is 4.61. The molecule has 0 amide bonds. The molecule has 1 aromatic carbocycles. The number of nitrogens with one attached hydrogen (secondary N) is 1. The summed E-state index contributed by atoms with van der Waals surface area (Å²) in [4.78, 5) is 14.4. The molecule has 0 bridgehead atoms. The van der Waals surface area contributed by atoms with Gasteiger partial charge in [0, 0.05) is 31.9 Å². The second-order valence-corrected chi connectivity index (χ2v) is 8.51. The Balaban J connectivity index is 1.27. The maximum Gasteiger partial charge on any atom is 0.224 e. The molecule has 1 aromatic heterocycles. The first-order valence-electron chi connectivity index (χ1n) is 11.5. The number of likely N-dealkylation sites (tertiary alicyclic amines) is 1. The summed E-state index contributed by atoms with van der Waals surface area (Å²) in [7, 11) is 0. The van der Waals surface area contributed by atoms with Gasteiger partial charge in [-0.2, -0.15) is 4.98 Å². The van der Waals surface area contributed by atoms with Crippen LogP contribution in [0.15, 0.2) is 42.6 Å². The number of aryl methyl sites for hydroxylation is 1. The van der Waals surface area contributed by atoms with Crippen LogP contribution in [0.2, 0.25) is 0 Å². The second kappa shape index (κ2) is 10.6. The second-order valence-electron chi connectivity index (χ2n) is 8.51. The number of anilines is 2. The third kappa shape index (κ3) is 6.17. The van der Waals surface area contributed by atoms with Crippen molar-refractivity contribution in [2.24, 2.45) is 0 Å². The molecule has 2 saturated heterocycles. The molecule has 3 heterocycles. The maximum absolute atomic E-state index is 4.84. The first-order valence-corrected chi connectivity index (χ1v) is 11.5. The van der Waals surface area contributed by atoms with E-state index in [2.05, 4.69) is 56.5 Å². The molecule has 156 valence electrons. The highest BCUT2D eigenvalue weighted by Crippen LogP contribution is 2.20. The Morgan fingerprint density at radius 3 is 2.59 bits per heavy atom. The first-order chi connectivity index (χ1) is 14.4. The minimum Gasteiger partial charge on any atom is -0.356 e. The highest BCUT2D eigenvalue weighted by molar-refractivity contribution is 5.43. The van der Waals surface area contributed by atoms with E-state index in [-0.39, 0.29) is 0 Å². The average Bonchev–Trinajstić information content (AvgIpc) is 3.05. The van der Waals surface area contributed by atoms with E-state index in [0.29, 0.717) is 6.04 Å². The number of rotatable bonds is 7. The monoisotopic (exact) mass is 393 g/mol. The van der Waals surface area contributed by atoms with Crippen molar-refractivity contribution in [3.63, 3.8) is 0 Å². The van der Waals surface area contributed by atoms with Crippen molar-refractivity contribution in [3.8, 4) is 0 Å². The van der Waals surface area contributed by atoms with Gasteiger partial charge in [-0.15, -0.1) is 0 Å². The van der Waals surface area contributed by atoms with Crippen LogP contribution >= 0.6 is 0 Å². The number of benzene rings is 1. The zero-order valence-corrected chi connectivity index (χ0v) is 17.6. The Labute approximate surface area is 175 Å². The molecular formula is C24H35N5. The molecule has 1 atom stereocenters. The molecule has 4 rings (SSSR count). The lowest BCUT2D eigenvalue weighted by molar-refractivity contribution is 0.214. The maximum atomic E-state index is 4.84. The summed E-state index contributed by atoms with van der Waals surface area (Å²) < 4.78 is 0. The lowest BCUT2D eigenvalue weighted by Crippen LogP contribution is -2.42. The van der Waals surface area contributed by atoms with Crippen LogP contribution in [0.1, 0.15) is 50.5 Å². The van der Waals surface area contributed by atoms with Gasteiger partial charge in [0.25, 0.3) is 0 Å². The Morgan fingerprint density at radius 2 is 1.76 bits per heavy atom. The van der Waals surface area contributed by atoms with Gasteiger partial charge in [0.15, 0.2) is 0 Å². The van der Waals surface area contributed by atoms with Crippen LogP contribution in [0.5, 0.6) is 0 Å². The van der Waals surface area contributed by atoms with Crippen molar-refractivity contribution in [2.75, 3.05) is 42.9 Å². The summed E-state index contributed by atoms with van der Waals surface area (Å²) in [5.41, 5.74) is 1.44. The Bertz CT molecular complexity index is 727. The molecule has 1 N–H and O–H groups in total. The molecule has 2 aliphatic heterocycles. The quantitative estimate of drug-likeness (QED) is 0.757. The fraction of sp³-hybridized carbons (Fsp3) is 0.583. The van der Waals surface area contributed by atoms with Crippen molar-refractivity contribution < 1.29 is 0 Å². The largest absolute Gasteiger partial charge is 0.356 e. The van der Waals surface area contributed by atoms with E-state index in [9.17, 15) is 0 Å². The van der Waals surface area contributed by atoms with Crippen molar-refractivity contribution in [1.82, 2.24) is 14.9 Å². The molecule has 1 unspecified atom stereocenters. The molecule has 0 saturated carbocycles. The lowest BCUT2D eigenvalue weighted by atomic mass is 10.0. The molecule has 2 aliphatic rings. The van der Waals surface area contributed by atoms with Crippen molar-refractivity contribution in [3.05, 3.63) is 48.2 Å². The number of piperidine rings is 1. The van der Waals surface area contributed by atoms with E-state index in [4.69, 9.17) is 4.98 Å². The van der Waals surface area contributed by atoms with Gasteiger partial charge in [-0.05, 0) is 63.2 Å². The topological polar surface area (TPSA) is 44.3 Å². The van der Waals surface area contributed by atoms with E-state index < -0.39 is 0 Å². The van der Waals surface area contributed by atoms with Gasteiger partial charge in [-0.3, -0.25) is 0 Å². The normalized spacial score (nSPS) is 21.0. The van der Waals surface area contributed by atoms with Crippen LogP contribution in [-0.4, -0.2) is 53.6 Å². The fourth-order valence-electron chi connectivity index (χ4n) is 4.61. The van der Waals surface area contributed by atoms with Gasteiger partial charge in [0.05, 0.1) is 0 Å². The SMILES string of the molecule is c1ccc(CCCN2CCCC(Nc3nccc(N4CCCCCC4)n3)C2)cc1. The van der Waals surface area contributed by atoms with Crippen LogP contribution in [0.4, 0.5) is 11.8 Å². The molecule has 29 heavy (non-hydrogen) atoms.